The summed E-state index contributed by atoms with van der Waals surface area (Å²) in [7, 11) is 0. The van der Waals surface area contributed by atoms with Crippen LogP contribution in [0, 0.1) is 6.92 Å². The molecule has 1 aliphatic rings. The van der Waals surface area contributed by atoms with Crippen molar-refractivity contribution in [2.24, 2.45) is 0 Å². The Morgan fingerprint density at radius 2 is 2.14 bits per heavy atom. The van der Waals surface area contributed by atoms with Crippen molar-refractivity contribution in [3.63, 3.8) is 0 Å². The highest BCUT2D eigenvalue weighted by molar-refractivity contribution is 9.10. The molecule has 0 radical (unpaired) electrons. The van der Waals surface area contributed by atoms with Gasteiger partial charge in [-0.25, -0.2) is 0 Å². The summed E-state index contributed by atoms with van der Waals surface area (Å²) in [6.07, 6.45) is 2.65. The number of anilines is 1. The summed E-state index contributed by atoms with van der Waals surface area (Å²) in [5, 5.41) is 0. The molecule has 1 aromatic rings. The molecule has 1 aromatic carbocycles. The lowest BCUT2D eigenvalue weighted by Gasteiger charge is -2.24. The SMILES string of the molecule is Cc1cc(Br)cc(N2CCC[C@H]2C)c1. The highest BCUT2D eigenvalue weighted by atomic mass is 79.9. The van der Waals surface area contributed by atoms with Crippen molar-refractivity contribution in [2.45, 2.75) is 32.7 Å². The van der Waals surface area contributed by atoms with Gasteiger partial charge in [-0.1, -0.05) is 15.9 Å². The summed E-state index contributed by atoms with van der Waals surface area (Å²) < 4.78 is 1.19. The molecule has 2 heteroatoms. The van der Waals surface area contributed by atoms with Gasteiger partial charge in [0.05, 0.1) is 0 Å². The first-order chi connectivity index (χ1) is 6.66. The molecule has 1 nitrogen and oxygen atoms in total. The Balaban J connectivity index is 2.31. The molecular weight excluding hydrogens is 238 g/mol. The molecule has 1 atom stereocenters. The molecule has 0 aromatic heterocycles. The maximum absolute atomic E-state index is 3.55. The normalized spacial score (nSPS) is 21.6. The summed E-state index contributed by atoms with van der Waals surface area (Å²) in [4.78, 5) is 2.50. The number of hydrogen-bond acceptors (Lipinski definition) is 1. The lowest BCUT2D eigenvalue weighted by Crippen LogP contribution is -2.26. The standard InChI is InChI=1S/C12H16BrN/c1-9-6-11(13)8-12(7-9)14-5-3-4-10(14)2/h6-8,10H,3-5H2,1-2H3/t10-/m1/s1. The lowest BCUT2D eigenvalue weighted by molar-refractivity contribution is 0.735. The van der Waals surface area contributed by atoms with Crippen LogP contribution in [0.1, 0.15) is 25.3 Å². The average Bonchev–Trinajstić information content (AvgIpc) is 2.49. The van der Waals surface area contributed by atoms with E-state index in [0.717, 1.165) is 0 Å². The first kappa shape index (κ1) is 10.0. The fourth-order valence-corrected chi connectivity index (χ4v) is 2.80. The summed E-state index contributed by atoms with van der Waals surface area (Å²) in [6.45, 7) is 5.66. The zero-order chi connectivity index (χ0) is 10.1. The third-order valence-corrected chi connectivity index (χ3v) is 3.37. The molecular formula is C12H16BrN. The van der Waals surface area contributed by atoms with Gasteiger partial charge in [0, 0.05) is 22.7 Å². The van der Waals surface area contributed by atoms with E-state index in [1.165, 1.54) is 35.1 Å². The number of aryl methyl sites for hydroxylation is 1. The van der Waals surface area contributed by atoms with Crippen LogP contribution in [-0.4, -0.2) is 12.6 Å². The van der Waals surface area contributed by atoms with Gasteiger partial charge in [-0.05, 0) is 50.5 Å². The number of benzene rings is 1. The van der Waals surface area contributed by atoms with Crippen molar-refractivity contribution in [1.29, 1.82) is 0 Å². The molecule has 0 amide bonds. The number of rotatable bonds is 1. The van der Waals surface area contributed by atoms with E-state index in [2.05, 4.69) is 52.9 Å². The van der Waals surface area contributed by atoms with E-state index >= 15 is 0 Å². The van der Waals surface area contributed by atoms with Crippen molar-refractivity contribution in [3.05, 3.63) is 28.2 Å². The molecule has 0 saturated carbocycles. The molecule has 76 valence electrons. The molecule has 14 heavy (non-hydrogen) atoms. The fraction of sp³-hybridized carbons (Fsp3) is 0.500. The monoisotopic (exact) mass is 253 g/mol. The third-order valence-electron chi connectivity index (χ3n) is 2.91. The Bertz CT molecular complexity index is 315. The second-order valence-corrected chi connectivity index (χ2v) is 5.09. The van der Waals surface area contributed by atoms with Gasteiger partial charge in [-0.15, -0.1) is 0 Å². The molecule has 2 rings (SSSR count). The molecule has 1 heterocycles. The Hall–Kier alpha value is -0.500. The minimum Gasteiger partial charge on any atom is -0.369 e. The third kappa shape index (κ3) is 1.95. The second-order valence-electron chi connectivity index (χ2n) is 4.17. The minimum atomic E-state index is 0.698. The Kier molecular flexibility index (Phi) is 2.82. The van der Waals surface area contributed by atoms with Gasteiger partial charge < -0.3 is 4.90 Å². The largest absolute Gasteiger partial charge is 0.369 e. The first-order valence-corrected chi connectivity index (χ1v) is 6.00. The van der Waals surface area contributed by atoms with Gasteiger partial charge in [-0.3, -0.25) is 0 Å². The first-order valence-electron chi connectivity index (χ1n) is 5.20. The van der Waals surface area contributed by atoms with Crippen LogP contribution in [-0.2, 0) is 0 Å². The van der Waals surface area contributed by atoms with Crippen molar-refractivity contribution in [2.75, 3.05) is 11.4 Å². The van der Waals surface area contributed by atoms with Crippen LogP contribution in [0.5, 0.6) is 0 Å². The summed E-state index contributed by atoms with van der Waals surface area (Å²) in [6, 6.07) is 7.34. The molecule has 1 fully saturated rings. The number of hydrogen-bond donors (Lipinski definition) is 0. The van der Waals surface area contributed by atoms with Gasteiger partial charge in [0.25, 0.3) is 0 Å². The summed E-state index contributed by atoms with van der Waals surface area (Å²) in [5.74, 6) is 0. The summed E-state index contributed by atoms with van der Waals surface area (Å²) >= 11 is 3.55. The van der Waals surface area contributed by atoms with E-state index in [-0.39, 0.29) is 0 Å². The van der Waals surface area contributed by atoms with Gasteiger partial charge >= 0.3 is 0 Å². The van der Waals surface area contributed by atoms with Crippen molar-refractivity contribution >= 4 is 21.6 Å². The van der Waals surface area contributed by atoms with Crippen molar-refractivity contribution < 1.29 is 0 Å². The van der Waals surface area contributed by atoms with E-state index in [0.29, 0.717) is 6.04 Å². The zero-order valence-electron chi connectivity index (χ0n) is 8.76. The average molecular weight is 254 g/mol. The Morgan fingerprint density at radius 3 is 2.71 bits per heavy atom. The van der Waals surface area contributed by atoms with E-state index < -0.39 is 0 Å². The van der Waals surface area contributed by atoms with Gasteiger partial charge in [0.15, 0.2) is 0 Å². The Morgan fingerprint density at radius 1 is 1.36 bits per heavy atom. The van der Waals surface area contributed by atoms with Crippen LogP contribution in [0.15, 0.2) is 22.7 Å². The topological polar surface area (TPSA) is 3.24 Å². The van der Waals surface area contributed by atoms with E-state index in [1.807, 2.05) is 0 Å². The van der Waals surface area contributed by atoms with Crippen LogP contribution in [0.4, 0.5) is 5.69 Å². The fourth-order valence-electron chi connectivity index (χ4n) is 2.20. The minimum absolute atomic E-state index is 0.698. The highest BCUT2D eigenvalue weighted by Gasteiger charge is 2.20. The van der Waals surface area contributed by atoms with Crippen LogP contribution < -0.4 is 4.90 Å². The molecule has 0 N–H and O–H groups in total. The van der Waals surface area contributed by atoms with Crippen LogP contribution in [0.25, 0.3) is 0 Å². The smallest absolute Gasteiger partial charge is 0.0382 e. The molecule has 0 bridgehead atoms. The molecule has 0 unspecified atom stereocenters. The number of halogens is 1. The van der Waals surface area contributed by atoms with Crippen molar-refractivity contribution in [3.8, 4) is 0 Å². The zero-order valence-corrected chi connectivity index (χ0v) is 10.3. The summed E-state index contributed by atoms with van der Waals surface area (Å²) in [5.41, 5.74) is 2.69. The Labute approximate surface area is 94.2 Å². The molecule has 0 aliphatic carbocycles. The maximum Gasteiger partial charge on any atom is 0.0382 e. The lowest BCUT2D eigenvalue weighted by atomic mass is 10.2. The van der Waals surface area contributed by atoms with E-state index in [9.17, 15) is 0 Å². The highest BCUT2D eigenvalue weighted by Crippen LogP contribution is 2.28. The van der Waals surface area contributed by atoms with Gasteiger partial charge in [0.2, 0.25) is 0 Å². The predicted octanol–water partition coefficient (Wildman–Crippen LogP) is 3.75. The van der Waals surface area contributed by atoms with E-state index in [1.54, 1.807) is 0 Å². The van der Waals surface area contributed by atoms with Crippen LogP contribution in [0.2, 0.25) is 0 Å². The predicted molar refractivity (Wildman–Crippen MR) is 64.9 cm³/mol. The van der Waals surface area contributed by atoms with E-state index in [4.69, 9.17) is 0 Å². The van der Waals surface area contributed by atoms with Crippen LogP contribution >= 0.6 is 15.9 Å². The van der Waals surface area contributed by atoms with Gasteiger partial charge in [0.1, 0.15) is 0 Å². The van der Waals surface area contributed by atoms with Crippen molar-refractivity contribution in [1.82, 2.24) is 0 Å². The quantitative estimate of drug-likeness (QED) is 0.737. The molecule has 1 saturated heterocycles. The molecule has 0 spiro atoms. The second kappa shape index (κ2) is 3.93. The van der Waals surface area contributed by atoms with Crippen LogP contribution in [0.3, 0.4) is 0 Å². The number of nitrogens with zero attached hydrogens (tertiary/aromatic N) is 1. The van der Waals surface area contributed by atoms with Gasteiger partial charge in [-0.2, -0.15) is 0 Å². The maximum atomic E-state index is 3.55. The molecule has 1 aliphatic heterocycles.